The molecule has 3 heterocycles. The summed E-state index contributed by atoms with van der Waals surface area (Å²) in [5, 5.41) is 6.56. The molecular formula is C18H25N5O2S. The van der Waals surface area contributed by atoms with Crippen LogP contribution in [0.15, 0.2) is 6.33 Å². The van der Waals surface area contributed by atoms with Gasteiger partial charge in [0.15, 0.2) is 0 Å². The van der Waals surface area contributed by atoms with Crippen LogP contribution in [0.2, 0.25) is 0 Å². The molecule has 2 aromatic rings. The lowest BCUT2D eigenvalue weighted by atomic mass is 9.95. The highest BCUT2D eigenvalue weighted by atomic mass is 32.1. The summed E-state index contributed by atoms with van der Waals surface area (Å²) >= 11 is 1.70. The number of aromatic nitrogens is 2. The molecule has 0 aliphatic carbocycles. The third kappa shape index (κ3) is 3.80. The van der Waals surface area contributed by atoms with Crippen molar-refractivity contribution in [3.63, 3.8) is 0 Å². The number of thiophene rings is 1. The normalized spacial score (nSPS) is 15.3. The lowest BCUT2D eigenvalue weighted by Crippen LogP contribution is -2.43. The lowest BCUT2D eigenvalue weighted by molar-refractivity contribution is -0.129. The van der Waals surface area contributed by atoms with Crippen LogP contribution in [-0.2, 0) is 9.59 Å². The van der Waals surface area contributed by atoms with E-state index in [-0.39, 0.29) is 24.3 Å². The lowest BCUT2D eigenvalue weighted by Gasteiger charge is -2.32. The Hall–Kier alpha value is -2.22. The fraction of sp³-hybridized carbons (Fsp3) is 0.556. The van der Waals surface area contributed by atoms with Crippen molar-refractivity contribution in [3.05, 3.63) is 16.8 Å². The van der Waals surface area contributed by atoms with Crippen LogP contribution in [0.25, 0.3) is 10.2 Å². The summed E-state index contributed by atoms with van der Waals surface area (Å²) in [7, 11) is 0. The number of aryl methyl sites for hydroxylation is 2. The van der Waals surface area contributed by atoms with Crippen LogP contribution in [-0.4, -0.2) is 48.0 Å². The van der Waals surface area contributed by atoms with Gasteiger partial charge in [-0.15, -0.1) is 11.3 Å². The summed E-state index contributed by atoms with van der Waals surface area (Å²) in [5.41, 5.74) is 1.24. The number of likely N-dealkylation sites (N-methyl/N-ethyl adjacent to an activating group) is 1. The molecule has 8 heteroatoms. The third-order valence-electron chi connectivity index (χ3n) is 4.91. The van der Waals surface area contributed by atoms with Gasteiger partial charge < -0.3 is 15.5 Å². The zero-order valence-electron chi connectivity index (χ0n) is 15.5. The molecule has 3 rings (SSSR count). The Labute approximate surface area is 157 Å². The SMILES string of the molecule is CCNC(=O)CNC(=O)C1CCN(c2ncnc3sc(C)c(C)c23)CC1. The zero-order valence-corrected chi connectivity index (χ0v) is 16.3. The van der Waals surface area contributed by atoms with Crippen molar-refractivity contribution in [1.82, 2.24) is 20.6 Å². The number of fused-ring (bicyclic) bond motifs is 1. The molecule has 0 unspecified atom stereocenters. The maximum Gasteiger partial charge on any atom is 0.239 e. The molecule has 26 heavy (non-hydrogen) atoms. The van der Waals surface area contributed by atoms with E-state index in [1.165, 1.54) is 10.4 Å². The van der Waals surface area contributed by atoms with Crippen molar-refractivity contribution in [2.24, 2.45) is 5.92 Å². The Morgan fingerprint density at radius 2 is 1.96 bits per heavy atom. The molecule has 0 saturated carbocycles. The summed E-state index contributed by atoms with van der Waals surface area (Å²) in [6.45, 7) is 8.25. The number of hydrogen-bond acceptors (Lipinski definition) is 6. The van der Waals surface area contributed by atoms with Gasteiger partial charge in [-0.2, -0.15) is 0 Å². The van der Waals surface area contributed by atoms with Gasteiger partial charge in [0.05, 0.1) is 11.9 Å². The van der Waals surface area contributed by atoms with Gasteiger partial charge in [-0.25, -0.2) is 9.97 Å². The molecule has 1 aliphatic heterocycles. The molecule has 0 atom stereocenters. The number of anilines is 1. The highest BCUT2D eigenvalue weighted by Crippen LogP contribution is 2.35. The van der Waals surface area contributed by atoms with Crippen LogP contribution in [0.5, 0.6) is 0 Å². The van der Waals surface area contributed by atoms with E-state index in [1.54, 1.807) is 17.7 Å². The summed E-state index contributed by atoms with van der Waals surface area (Å²) in [6, 6.07) is 0. The molecule has 0 aromatic carbocycles. The number of hydrogen-bond donors (Lipinski definition) is 2. The summed E-state index contributed by atoms with van der Waals surface area (Å²) in [5.74, 6) is 0.734. The standard InChI is InChI=1S/C18H25N5O2S/c1-4-19-14(24)9-20-17(25)13-5-7-23(8-6-13)16-15-11(2)12(3)26-18(15)22-10-21-16/h10,13H,4-9H2,1-3H3,(H,19,24)(H,20,25). The molecule has 1 saturated heterocycles. The first kappa shape index (κ1) is 18.6. The van der Waals surface area contributed by atoms with Crippen LogP contribution in [0.3, 0.4) is 0 Å². The fourth-order valence-corrected chi connectivity index (χ4v) is 4.32. The Balaban J connectivity index is 1.62. The predicted octanol–water partition coefficient (Wildman–Crippen LogP) is 1.78. The first-order valence-corrected chi connectivity index (χ1v) is 9.83. The van der Waals surface area contributed by atoms with Crippen molar-refractivity contribution in [2.45, 2.75) is 33.6 Å². The summed E-state index contributed by atoms with van der Waals surface area (Å²) in [6.07, 6.45) is 3.14. The van der Waals surface area contributed by atoms with Gasteiger partial charge in [0.1, 0.15) is 17.0 Å². The molecular weight excluding hydrogens is 350 g/mol. The van der Waals surface area contributed by atoms with E-state index in [9.17, 15) is 9.59 Å². The second-order valence-electron chi connectivity index (χ2n) is 6.59. The molecule has 1 fully saturated rings. The van der Waals surface area contributed by atoms with Gasteiger partial charge in [-0.3, -0.25) is 9.59 Å². The van der Waals surface area contributed by atoms with Crippen LogP contribution in [0, 0.1) is 19.8 Å². The van der Waals surface area contributed by atoms with E-state index in [0.717, 1.165) is 42.0 Å². The quantitative estimate of drug-likeness (QED) is 0.832. The first-order chi connectivity index (χ1) is 12.5. The molecule has 0 radical (unpaired) electrons. The number of nitrogens with zero attached hydrogens (tertiary/aromatic N) is 3. The van der Waals surface area contributed by atoms with Crippen molar-refractivity contribution in [2.75, 3.05) is 31.1 Å². The molecule has 2 amide bonds. The minimum atomic E-state index is -0.148. The van der Waals surface area contributed by atoms with Gasteiger partial charge in [-0.1, -0.05) is 0 Å². The average Bonchev–Trinajstić information content (AvgIpc) is 2.94. The molecule has 0 bridgehead atoms. The molecule has 7 nitrogen and oxygen atoms in total. The smallest absolute Gasteiger partial charge is 0.239 e. The van der Waals surface area contributed by atoms with E-state index in [0.29, 0.717) is 6.54 Å². The third-order valence-corrected chi connectivity index (χ3v) is 6.02. The van der Waals surface area contributed by atoms with Gasteiger partial charge in [0.2, 0.25) is 11.8 Å². The van der Waals surface area contributed by atoms with Gasteiger partial charge in [0.25, 0.3) is 0 Å². The number of nitrogens with one attached hydrogen (secondary N) is 2. The monoisotopic (exact) mass is 375 g/mol. The largest absolute Gasteiger partial charge is 0.356 e. The van der Waals surface area contributed by atoms with Crippen molar-refractivity contribution < 1.29 is 9.59 Å². The Bertz CT molecular complexity index is 811. The van der Waals surface area contributed by atoms with E-state index in [4.69, 9.17) is 0 Å². The zero-order chi connectivity index (χ0) is 18.7. The van der Waals surface area contributed by atoms with Gasteiger partial charge in [-0.05, 0) is 39.2 Å². The van der Waals surface area contributed by atoms with Gasteiger partial charge >= 0.3 is 0 Å². The molecule has 0 spiro atoms. The molecule has 1 aliphatic rings. The second-order valence-corrected chi connectivity index (χ2v) is 7.80. The second kappa shape index (κ2) is 7.99. The average molecular weight is 375 g/mol. The van der Waals surface area contributed by atoms with Crippen molar-refractivity contribution >= 4 is 39.2 Å². The van der Waals surface area contributed by atoms with E-state index < -0.39 is 0 Å². The molecule has 140 valence electrons. The number of amides is 2. The Morgan fingerprint density at radius 3 is 2.65 bits per heavy atom. The van der Waals surface area contributed by atoms with Gasteiger partial charge in [0, 0.05) is 30.4 Å². The van der Waals surface area contributed by atoms with Crippen LogP contribution >= 0.6 is 11.3 Å². The Morgan fingerprint density at radius 1 is 1.23 bits per heavy atom. The minimum absolute atomic E-state index is 0.0358. The van der Waals surface area contributed by atoms with Crippen LogP contribution < -0.4 is 15.5 Å². The maximum atomic E-state index is 12.3. The topological polar surface area (TPSA) is 87.2 Å². The summed E-state index contributed by atoms with van der Waals surface area (Å²) < 4.78 is 0. The summed E-state index contributed by atoms with van der Waals surface area (Å²) in [4.78, 5) is 37.2. The number of carbonyl (C=O) groups is 2. The minimum Gasteiger partial charge on any atom is -0.356 e. The van der Waals surface area contributed by atoms with E-state index >= 15 is 0 Å². The Kier molecular flexibility index (Phi) is 5.70. The highest BCUT2D eigenvalue weighted by molar-refractivity contribution is 7.18. The fourth-order valence-electron chi connectivity index (χ4n) is 3.33. The van der Waals surface area contributed by atoms with E-state index in [2.05, 4.69) is 39.3 Å². The van der Waals surface area contributed by atoms with Crippen LogP contribution in [0.4, 0.5) is 5.82 Å². The number of rotatable bonds is 5. The van der Waals surface area contributed by atoms with Crippen molar-refractivity contribution in [1.29, 1.82) is 0 Å². The van der Waals surface area contributed by atoms with E-state index in [1.807, 2.05) is 6.92 Å². The number of carbonyl (C=O) groups excluding carboxylic acids is 2. The highest BCUT2D eigenvalue weighted by Gasteiger charge is 2.27. The molecule has 2 aromatic heterocycles. The van der Waals surface area contributed by atoms with Crippen molar-refractivity contribution in [3.8, 4) is 0 Å². The molecule has 2 N–H and O–H groups in total. The predicted molar refractivity (Wildman–Crippen MR) is 104 cm³/mol. The number of piperidine rings is 1. The maximum absolute atomic E-state index is 12.3. The first-order valence-electron chi connectivity index (χ1n) is 9.01. The van der Waals surface area contributed by atoms with Crippen LogP contribution in [0.1, 0.15) is 30.2 Å².